The van der Waals surface area contributed by atoms with Gasteiger partial charge < -0.3 is 5.11 Å². The van der Waals surface area contributed by atoms with E-state index in [4.69, 9.17) is 5.11 Å². The first-order valence-electron chi connectivity index (χ1n) is 3.41. The molecule has 0 atom stereocenters. The Labute approximate surface area is 100.0 Å². The molecule has 0 aromatic heterocycles. The van der Waals surface area contributed by atoms with E-state index in [0.717, 1.165) is 6.26 Å². The van der Waals surface area contributed by atoms with Crippen molar-refractivity contribution in [2.75, 3.05) is 6.26 Å². The third-order valence-corrected chi connectivity index (χ3v) is 2.81. The summed E-state index contributed by atoms with van der Waals surface area (Å²) < 4.78 is 22.2. The van der Waals surface area contributed by atoms with Crippen molar-refractivity contribution in [1.29, 1.82) is 0 Å². The molecule has 13 heavy (non-hydrogen) atoms. The molecule has 0 saturated heterocycles. The fourth-order valence-electron chi connectivity index (χ4n) is 1.05. The molecule has 1 aromatic rings. The summed E-state index contributed by atoms with van der Waals surface area (Å²) >= 11 is 0. The van der Waals surface area contributed by atoms with Crippen molar-refractivity contribution in [3.05, 3.63) is 23.8 Å². The summed E-state index contributed by atoms with van der Waals surface area (Å²) in [5.74, 6) is 0.0832. The number of aromatic hydroxyl groups is 1. The third-order valence-electron chi connectivity index (χ3n) is 1.56. The van der Waals surface area contributed by atoms with Gasteiger partial charge in [0.2, 0.25) is 0 Å². The molecule has 1 rings (SSSR count). The number of benzene rings is 1. The van der Waals surface area contributed by atoms with Gasteiger partial charge in [-0.05, 0) is 30.7 Å². The molecule has 0 fully saturated rings. The summed E-state index contributed by atoms with van der Waals surface area (Å²) in [6.45, 7) is 1.65. The van der Waals surface area contributed by atoms with E-state index in [9.17, 15) is 8.42 Å². The van der Waals surface area contributed by atoms with Crippen molar-refractivity contribution in [3.8, 4) is 5.75 Å². The van der Waals surface area contributed by atoms with Gasteiger partial charge in [-0.1, -0.05) is 0 Å². The molecule has 0 radical (unpaired) electrons. The summed E-state index contributed by atoms with van der Waals surface area (Å²) in [4.78, 5) is 0.264. The molecule has 0 spiro atoms. The predicted molar refractivity (Wildman–Crippen MR) is 53.1 cm³/mol. The molecule has 3 nitrogen and oxygen atoms in total. The van der Waals surface area contributed by atoms with E-state index in [0.29, 0.717) is 5.56 Å². The van der Waals surface area contributed by atoms with Crippen LogP contribution in [0.5, 0.6) is 5.75 Å². The van der Waals surface area contributed by atoms with Crippen molar-refractivity contribution < 1.29 is 13.5 Å². The molecule has 68 valence electrons. The molecular weight excluding hydrogens is 199 g/mol. The van der Waals surface area contributed by atoms with Gasteiger partial charge >= 0.3 is 29.6 Å². The normalized spacial score (nSPS) is 10.6. The van der Waals surface area contributed by atoms with Gasteiger partial charge in [0.15, 0.2) is 9.84 Å². The van der Waals surface area contributed by atoms with Crippen molar-refractivity contribution in [1.82, 2.24) is 0 Å². The molecule has 0 bridgehead atoms. The number of aryl methyl sites for hydroxylation is 1. The number of hydrogen-bond donors (Lipinski definition) is 1. The monoisotopic (exact) mass is 210 g/mol. The standard InChI is InChI=1S/C8H10O3S.Na.H/c1-6-5-7(9)3-4-8(6)12(2,10)11;;/h3-5,9H,1-2H3;;. The molecule has 5 heteroatoms. The van der Waals surface area contributed by atoms with Gasteiger partial charge in [0.05, 0.1) is 4.90 Å². The van der Waals surface area contributed by atoms with Crippen LogP contribution in [-0.2, 0) is 9.84 Å². The van der Waals surface area contributed by atoms with Crippen LogP contribution in [0.3, 0.4) is 0 Å². The van der Waals surface area contributed by atoms with Crippen LogP contribution in [0, 0.1) is 6.92 Å². The molecular formula is C8H11NaO3S. The summed E-state index contributed by atoms with van der Waals surface area (Å²) in [6, 6.07) is 4.19. The number of phenols is 1. The van der Waals surface area contributed by atoms with Gasteiger partial charge in [-0.15, -0.1) is 0 Å². The molecule has 0 aliphatic heterocycles. The van der Waals surface area contributed by atoms with E-state index in [1.54, 1.807) is 6.92 Å². The fraction of sp³-hybridized carbons (Fsp3) is 0.250. The number of rotatable bonds is 1. The maximum atomic E-state index is 11.1. The number of sulfone groups is 1. The van der Waals surface area contributed by atoms with Crippen molar-refractivity contribution >= 4 is 39.4 Å². The van der Waals surface area contributed by atoms with E-state index in [1.165, 1.54) is 18.2 Å². The molecule has 1 N–H and O–H groups in total. The zero-order valence-corrected chi connectivity index (χ0v) is 7.72. The van der Waals surface area contributed by atoms with Crippen LogP contribution < -0.4 is 0 Å². The van der Waals surface area contributed by atoms with Gasteiger partial charge in [-0.25, -0.2) is 8.42 Å². The van der Waals surface area contributed by atoms with Gasteiger partial charge in [-0.2, -0.15) is 0 Å². The first-order chi connectivity index (χ1) is 5.41. The summed E-state index contributed by atoms with van der Waals surface area (Å²) in [7, 11) is -3.16. The Bertz CT molecular complexity index is 398. The van der Waals surface area contributed by atoms with Gasteiger partial charge in [-0.3, -0.25) is 0 Å². The second-order valence-corrected chi connectivity index (χ2v) is 4.71. The Morgan fingerprint density at radius 1 is 1.31 bits per heavy atom. The van der Waals surface area contributed by atoms with Crippen LogP contribution in [0.25, 0.3) is 0 Å². The average molecular weight is 210 g/mol. The second kappa shape index (κ2) is 4.46. The Kier molecular flexibility index (Phi) is 4.45. The summed E-state index contributed by atoms with van der Waals surface area (Å²) in [6.07, 6.45) is 1.15. The minimum absolute atomic E-state index is 0. The van der Waals surface area contributed by atoms with Gasteiger partial charge in [0, 0.05) is 6.26 Å². The molecule has 0 aliphatic carbocycles. The van der Waals surface area contributed by atoms with Crippen molar-refractivity contribution in [2.45, 2.75) is 11.8 Å². The Hall–Kier alpha value is -0.0300. The predicted octanol–water partition coefficient (Wildman–Crippen LogP) is 0.456. The van der Waals surface area contributed by atoms with Crippen LogP contribution >= 0.6 is 0 Å². The minimum atomic E-state index is -3.16. The molecule has 0 amide bonds. The van der Waals surface area contributed by atoms with Crippen LogP contribution in [0.4, 0.5) is 0 Å². The van der Waals surface area contributed by atoms with Crippen LogP contribution in [-0.4, -0.2) is 49.3 Å². The molecule has 0 heterocycles. The average Bonchev–Trinajstić information content (AvgIpc) is 1.83. The first-order valence-corrected chi connectivity index (χ1v) is 5.30. The SMILES string of the molecule is Cc1cc(O)ccc1S(C)(=O)=O.[NaH]. The van der Waals surface area contributed by atoms with Gasteiger partial charge in [0.25, 0.3) is 0 Å². The summed E-state index contributed by atoms with van der Waals surface area (Å²) in [5, 5.41) is 9.01. The maximum absolute atomic E-state index is 11.1. The quantitative estimate of drug-likeness (QED) is 0.685. The zero-order valence-electron chi connectivity index (χ0n) is 6.90. The summed E-state index contributed by atoms with van der Waals surface area (Å²) in [5.41, 5.74) is 0.567. The second-order valence-electron chi connectivity index (χ2n) is 2.72. The topological polar surface area (TPSA) is 54.4 Å². The molecule has 0 aliphatic rings. The fourth-order valence-corrected chi connectivity index (χ4v) is 2.01. The third kappa shape index (κ3) is 3.31. The van der Waals surface area contributed by atoms with Crippen molar-refractivity contribution in [3.63, 3.8) is 0 Å². The molecule has 0 unspecified atom stereocenters. The first kappa shape index (κ1) is 13.0. The van der Waals surface area contributed by atoms with E-state index in [2.05, 4.69) is 0 Å². The Morgan fingerprint density at radius 2 is 1.85 bits per heavy atom. The molecule has 1 aromatic carbocycles. The van der Waals surface area contributed by atoms with E-state index in [-0.39, 0.29) is 40.2 Å². The van der Waals surface area contributed by atoms with E-state index < -0.39 is 9.84 Å². The zero-order chi connectivity index (χ0) is 9.35. The van der Waals surface area contributed by atoms with Crippen molar-refractivity contribution in [2.24, 2.45) is 0 Å². The Balaban J connectivity index is 0.00000144. The van der Waals surface area contributed by atoms with Crippen LogP contribution in [0.15, 0.2) is 23.1 Å². The Morgan fingerprint density at radius 3 is 2.23 bits per heavy atom. The van der Waals surface area contributed by atoms with Gasteiger partial charge in [0.1, 0.15) is 5.75 Å². The van der Waals surface area contributed by atoms with Crippen LogP contribution in [0.2, 0.25) is 0 Å². The number of phenolic OH excluding ortho intramolecular Hbond substituents is 1. The van der Waals surface area contributed by atoms with E-state index >= 15 is 0 Å². The molecule has 0 saturated carbocycles. The van der Waals surface area contributed by atoms with E-state index in [1.807, 2.05) is 0 Å². The van der Waals surface area contributed by atoms with Crippen LogP contribution in [0.1, 0.15) is 5.56 Å². The number of hydrogen-bond acceptors (Lipinski definition) is 3.